The predicted molar refractivity (Wildman–Crippen MR) is 141 cm³/mol. The number of nitrogens with zero attached hydrogens (tertiary/aromatic N) is 4. The molecule has 0 aliphatic carbocycles. The first-order valence-electron chi connectivity index (χ1n) is 12.0. The highest BCUT2D eigenvalue weighted by molar-refractivity contribution is 5.94. The van der Waals surface area contributed by atoms with Gasteiger partial charge in [0, 0.05) is 18.7 Å². The van der Waals surface area contributed by atoms with Crippen LogP contribution < -0.4 is 5.56 Å². The number of carbonyl (C=O) groups excluding carboxylic acids is 1. The van der Waals surface area contributed by atoms with Crippen molar-refractivity contribution >= 4 is 16.8 Å². The van der Waals surface area contributed by atoms with Crippen LogP contribution in [0.25, 0.3) is 16.6 Å². The van der Waals surface area contributed by atoms with Crippen molar-refractivity contribution in [3.8, 4) is 5.69 Å². The molecule has 0 saturated carbocycles. The molecule has 0 N–H and O–H groups in total. The Hall–Kier alpha value is -3.77. The highest BCUT2D eigenvalue weighted by atomic mass is 16.2. The zero-order valence-corrected chi connectivity index (χ0v) is 20.8. The molecule has 3 aromatic carbocycles. The number of likely N-dealkylation sites (N-methyl/N-ethyl adjacent to an activating group) is 1. The van der Waals surface area contributed by atoms with E-state index in [-0.39, 0.29) is 11.5 Å². The van der Waals surface area contributed by atoms with Crippen LogP contribution in [0.4, 0.5) is 0 Å². The molecule has 1 aromatic heterocycles. The summed E-state index contributed by atoms with van der Waals surface area (Å²) in [6.45, 7) is 5.24. The van der Waals surface area contributed by atoms with Crippen LogP contribution in [0.15, 0.2) is 83.7 Å². The van der Waals surface area contributed by atoms with Gasteiger partial charge < -0.3 is 9.80 Å². The maximum absolute atomic E-state index is 13.7. The summed E-state index contributed by atoms with van der Waals surface area (Å²) < 4.78 is 1.66. The van der Waals surface area contributed by atoms with Gasteiger partial charge in [-0.05, 0) is 69.4 Å². The molecule has 0 spiro atoms. The molecule has 4 rings (SSSR count). The Morgan fingerprint density at radius 1 is 0.914 bits per heavy atom. The molecule has 0 bridgehead atoms. The second-order valence-corrected chi connectivity index (χ2v) is 8.99. The largest absolute Gasteiger partial charge is 0.327 e. The molecular formula is C29H32N4O2. The van der Waals surface area contributed by atoms with E-state index < -0.39 is 6.04 Å². The summed E-state index contributed by atoms with van der Waals surface area (Å²) in [5.74, 6) is 0.455. The maximum Gasteiger partial charge on any atom is 0.266 e. The van der Waals surface area contributed by atoms with Gasteiger partial charge in [0.2, 0.25) is 0 Å². The Morgan fingerprint density at radius 2 is 1.57 bits per heavy atom. The number of para-hydroxylation sites is 1. The first kappa shape index (κ1) is 24.4. The first-order chi connectivity index (χ1) is 16.9. The Kier molecular flexibility index (Phi) is 7.42. The monoisotopic (exact) mass is 468 g/mol. The number of hydrogen-bond donors (Lipinski definition) is 0. The average Bonchev–Trinajstić information content (AvgIpc) is 2.89. The quantitative estimate of drug-likeness (QED) is 0.376. The maximum atomic E-state index is 13.7. The Morgan fingerprint density at radius 3 is 2.23 bits per heavy atom. The van der Waals surface area contributed by atoms with E-state index in [1.54, 1.807) is 10.6 Å². The second kappa shape index (κ2) is 10.7. The highest BCUT2D eigenvalue weighted by Gasteiger charge is 2.27. The molecule has 1 unspecified atom stereocenters. The zero-order valence-electron chi connectivity index (χ0n) is 20.8. The van der Waals surface area contributed by atoms with Crippen molar-refractivity contribution in [1.82, 2.24) is 19.4 Å². The van der Waals surface area contributed by atoms with Crippen molar-refractivity contribution < 1.29 is 4.79 Å². The third kappa shape index (κ3) is 5.17. The number of fused-ring (bicyclic) bond motifs is 1. The molecule has 0 radical (unpaired) electrons. The van der Waals surface area contributed by atoms with E-state index in [9.17, 15) is 9.59 Å². The van der Waals surface area contributed by atoms with Crippen LogP contribution in [-0.4, -0.2) is 52.4 Å². The Bertz CT molecular complexity index is 1360. The number of amides is 1. The lowest BCUT2D eigenvalue weighted by molar-refractivity contribution is 0.0667. The summed E-state index contributed by atoms with van der Waals surface area (Å²) in [6.07, 6.45) is 0.915. The Balaban J connectivity index is 1.89. The number of aryl methyl sites for hydroxylation is 1. The lowest BCUT2D eigenvalue weighted by Crippen LogP contribution is -2.41. The van der Waals surface area contributed by atoms with Gasteiger partial charge >= 0.3 is 0 Å². The van der Waals surface area contributed by atoms with Crippen molar-refractivity contribution in [2.45, 2.75) is 26.3 Å². The first-order valence-corrected chi connectivity index (χ1v) is 12.0. The van der Waals surface area contributed by atoms with Gasteiger partial charge in [0.05, 0.1) is 22.6 Å². The van der Waals surface area contributed by atoms with E-state index in [1.807, 2.05) is 104 Å². The normalized spacial score (nSPS) is 12.1. The molecule has 0 aliphatic rings. The molecule has 4 aromatic rings. The van der Waals surface area contributed by atoms with Gasteiger partial charge in [-0.3, -0.25) is 14.2 Å². The van der Waals surface area contributed by atoms with Crippen LogP contribution in [0.1, 0.15) is 41.6 Å². The van der Waals surface area contributed by atoms with E-state index in [2.05, 4.69) is 6.92 Å². The zero-order chi connectivity index (χ0) is 24.9. The number of aromatic nitrogens is 2. The van der Waals surface area contributed by atoms with Crippen molar-refractivity contribution in [3.05, 3.63) is 106 Å². The van der Waals surface area contributed by atoms with Crippen LogP contribution in [0.2, 0.25) is 0 Å². The van der Waals surface area contributed by atoms with Gasteiger partial charge in [0.15, 0.2) is 0 Å². The molecule has 35 heavy (non-hydrogen) atoms. The van der Waals surface area contributed by atoms with E-state index in [1.165, 1.54) is 5.56 Å². The van der Waals surface area contributed by atoms with Gasteiger partial charge in [0.25, 0.3) is 11.5 Å². The molecular weight excluding hydrogens is 436 g/mol. The summed E-state index contributed by atoms with van der Waals surface area (Å²) in [5.41, 5.74) is 3.03. The predicted octanol–water partition coefficient (Wildman–Crippen LogP) is 4.71. The molecule has 0 saturated heterocycles. The van der Waals surface area contributed by atoms with Crippen LogP contribution in [-0.2, 0) is 6.42 Å². The number of benzene rings is 3. The van der Waals surface area contributed by atoms with Gasteiger partial charge in [-0.25, -0.2) is 4.98 Å². The molecule has 1 atom stereocenters. The Labute approximate surface area is 206 Å². The summed E-state index contributed by atoms with van der Waals surface area (Å²) in [4.78, 5) is 36.2. The molecule has 0 aliphatic heterocycles. The molecule has 6 heteroatoms. The van der Waals surface area contributed by atoms with Crippen LogP contribution in [0.3, 0.4) is 0 Å². The molecule has 6 nitrogen and oxygen atoms in total. The molecule has 0 fully saturated rings. The van der Waals surface area contributed by atoms with E-state index in [4.69, 9.17) is 4.98 Å². The third-order valence-corrected chi connectivity index (χ3v) is 6.32. The summed E-state index contributed by atoms with van der Waals surface area (Å²) in [6, 6.07) is 24.2. The van der Waals surface area contributed by atoms with Crippen LogP contribution in [0, 0.1) is 0 Å². The minimum absolute atomic E-state index is 0.0877. The lowest BCUT2D eigenvalue weighted by atomic mass is 10.1. The van der Waals surface area contributed by atoms with Gasteiger partial charge in [-0.15, -0.1) is 0 Å². The molecule has 1 heterocycles. The van der Waals surface area contributed by atoms with E-state index >= 15 is 0 Å². The summed E-state index contributed by atoms with van der Waals surface area (Å²) in [5, 5.41) is 0.553. The number of carbonyl (C=O) groups is 1. The fourth-order valence-electron chi connectivity index (χ4n) is 4.23. The van der Waals surface area contributed by atoms with Gasteiger partial charge in [-0.2, -0.15) is 0 Å². The fourth-order valence-corrected chi connectivity index (χ4v) is 4.23. The second-order valence-electron chi connectivity index (χ2n) is 8.99. The van der Waals surface area contributed by atoms with Crippen LogP contribution in [0.5, 0.6) is 0 Å². The standard InChI is InChI=1S/C29H32N4O2/c1-5-22-15-17-24(18-16-22)33-27(30-26-14-10-9-13-25(26)29(33)35)21(2)32(20-19-31(3)4)28(34)23-11-7-6-8-12-23/h6-18,21H,5,19-20H2,1-4H3. The van der Waals surface area contributed by atoms with Gasteiger partial charge in [0.1, 0.15) is 5.82 Å². The smallest absolute Gasteiger partial charge is 0.266 e. The average molecular weight is 469 g/mol. The van der Waals surface area contributed by atoms with Crippen molar-refractivity contribution in [3.63, 3.8) is 0 Å². The minimum atomic E-state index is -0.439. The van der Waals surface area contributed by atoms with Gasteiger partial charge in [-0.1, -0.05) is 49.4 Å². The SMILES string of the molecule is CCc1ccc(-n2c(C(C)N(CCN(C)C)C(=O)c3ccccc3)nc3ccccc3c2=O)cc1. The summed E-state index contributed by atoms with van der Waals surface area (Å²) in [7, 11) is 3.96. The molecule has 180 valence electrons. The van der Waals surface area contributed by atoms with Crippen molar-refractivity contribution in [1.29, 1.82) is 0 Å². The van der Waals surface area contributed by atoms with E-state index in [0.29, 0.717) is 35.4 Å². The van der Waals surface area contributed by atoms with Crippen LogP contribution >= 0.6 is 0 Å². The highest BCUT2D eigenvalue weighted by Crippen LogP contribution is 2.24. The van der Waals surface area contributed by atoms with Crippen molar-refractivity contribution in [2.75, 3.05) is 27.2 Å². The summed E-state index contributed by atoms with van der Waals surface area (Å²) >= 11 is 0. The minimum Gasteiger partial charge on any atom is -0.327 e. The third-order valence-electron chi connectivity index (χ3n) is 6.32. The fraction of sp³-hybridized carbons (Fsp3) is 0.276. The van der Waals surface area contributed by atoms with E-state index in [0.717, 1.165) is 12.1 Å². The lowest BCUT2D eigenvalue weighted by Gasteiger charge is -2.31. The number of rotatable bonds is 8. The topological polar surface area (TPSA) is 58.4 Å². The number of hydrogen-bond acceptors (Lipinski definition) is 4. The van der Waals surface area contributed by atoms with Crippen molar-refractivity contribution in [2.24, 2.45) is 0 Å². The molecule has 1 amide bonds.